The van der Waals surface area contributed by atoms with Gasteiger partial charge < -0.3 is 14.6 Å². The summed E-state index contributed by atoms with van der Waals surface area (Å²) in [5, 5.41) is 4.20. The minimum absolute atomic E-state index is 0.290. The van der Waals surface area contributed by atoms with E-state index in [1.807, 2.05) is 26.0 Å². The monoisotopic (exact) mass is 398 g/mol. The maximum atomic E-state index is 12.4. The lowest BCUT2D eigenvalue weighted by Gasteiger charge is -2.20. The standard InChI is InChI=1S/C22H30N4O3/c1-7-26(8-2)18-12-10-17(11-13-18)21(27)25-24-16(6)20-14(4)19(15(5)23-20)22(28)29-9-3/h10-13,23H,7-9H2,1-6H3,(H,25,27)/b24-16+. The lowest BCUT2D eigenvalue weighted by Crippen LogP contribution is -2.22. The van der Waals surface area contributed by atoms with Crippen molar-refractivity contribution >= 4 is 23.3 Å². The molecule has 156 valence electrons. The van der Waals surface area contributed by atoms with Gasteiger partial charge in [0.05, 0.1) is 23.6 Å². The van der Waals surface area contributed by atoms with Crippen LogP contribution in [0.25, 0.3) is 0 Å². The van der Waals surface area contributed by atoms with Crippen LogP contribution in [0.4, 0.5) is 5.69 Å². The number of aromatic amines is 1. The molecule has 1 amide bonds. The van der Waals surface area contributed by atoms with Crippen molar-refractivity contribution in [2.24, 2.45) is 5.10 Å². The first kappa shape index (κ1) is 22.2. The minimum atomic E-state index is -0.366. The molecule has 0 saturated carbocycles. The Balaban J connectivity index is 2.14. The molecule has 0 aliphatic rings. The number of benzene rings is 1. The van der Waals surface area contributed by atoms with Gasteiger partial charge in [-0.25, -0.2) is 10.2 Å². The van der Waals surface area contributed by atoms with Crippen LogP contribution in [-0.4, -0.2) is 42.3 Å². The summed E-state index contributed by atoms with van der Waals surface area (Å²) >= 11 is 0. The number of aromatic nitrogens is 1. The van der Waals surface area contributed by atoms with Crippen LogP contribution in [0.2, 0.25) is 0 Å². The number of rotatable bonds is 8. The van der Waals surface area contributed by atoms with E-state index >= 15 is 0 Å². The molecule has 2 rings (SSSR count). The third-order valence-corrected chi connectivity index (χ3v) is 4.86. The highest BCUT2D eigenvalue weighted by Gasteiger charge is 2.20. The predicted molar refractivity (Wildman–Crippen MR) is 116 cm³/mol. The summed E-state index contributed by atoms with van der Waals surface area (Å²) in [6.07, 6.45) is 0. The molecule has 0 unspecified atom stereocenters. The van der Waals surface area contributed by atoms with E-state index in [4.69, 9.17) is 4.74 Å². The van der Waals surface area contributed by atoms with Crippen LogP contribution in [0.3, 0.4) is 0 Å². The number of carbonyl (C=O) groups is 2. The second-order valence-corrected chi connectivity index (χ2v) is 6.70. The smallest absolute Gasteiger partial charge is 0.340 e. The largest absolute Gasteiger partial charge is 0.462 e. The SMILES string of the molecule is CCOC(=O)c1c(C)[nH]c(/C(C)=N/NC(=O)c2ccc(N(CC)CC)cc2)c1C. The Kier molecular flexibility index (Phi) is 7.59. The highest BCUT2D eigenvalue weighted by molar-refractivity contribution is 6.04. The van der Waals surface area contributed by atoms with Crippen LogP contribution in [-0.2, 0) is 4.74 Å². The van der Waals surface area contributed by atoms with E-state index in [0.29, 0.717) is 34.8 Å². The van der Waals surface area contributed by atoms with Gasteiger partial charge in [0.1, 0.15) is 0 Å². The number of esters is 1. The van der Waals surface area contributed by atoms with E-state index in [9.17, 15) is 9.59 Å². The van der Waals surface area contributed by atoms with E-state index in [1.165, 1.54) is 0 Å². The maximum absolute atomic E-state index is 12.4. The van der Waals surface area contributed by atoms with E-state index < -0.39 is 0 Å². The van der Waals surface area contributed by atoms with Gasteiger partial charge in [0, 0.05) is 30.0 Å². The quantitative estimate of drug-likeness (QED) is 0.402. The second-order valence-electron chi connectivity index (χ2n) is 6.70. The van der Waals surface area contributed by atoms with Crippen molar-refractivity contribution in [1.29, 1.82) is 0 Å². The van der Waals surface area contributed by atoms with Gasteiger partial charge in [-0.1, -0.05) is 0 Å². The molecule has 0 saturated heterocycles. The Morgan fingerprint density at radius 3 is 2.28 bits per heavy atom. The van der Waals surface area contributed by atoms with Crippen molar-refractivity contribution < 1.29 is 14.3 Å². The summed E-state index contributed by atoms with van der Waals surface area (Å²) in [5.41, 5.74) is 7.44. The number of nitrogens with zero attached hydrogens (tertiary/aromatic N) is 2. The zero-order chi connectivity index (χ0) is 21.6. The summed E-state index contributed by atoms with van der Waals surface area (Å²) in [7, 11) is 0. The summed E-state index contributed by atoms with van der Waals surface area (Å²) in [6, 6.07) is 7.44. The third kappa shape index (κ3) is 5.04. The van der Waals surface area contributed by atoms with Crippen molar-refractivity contribution in [2.45, 2.75) is 41.5 Å². The lowest BCUT2D eigenvalue weighted by atomic mass is 10.1. The Hall–Kier alpha value is -3.09. The molecule has 1 aromatic carbocycles. The third-order valence-electron chi connectivity index (χ3n) is 4.86. The number of nitrogens with one attached hydrogen (secondary N) is 2. The molecule has 2 aromatic rings. The minimum Gasteiger partial charge on any atom is -0.462 e. The summed E-state index contributed by atoms with van der Waals surface area (Å²) in [4.78, 5) is 29.9. The number of anilines is 1. The Morgan fingerprint density at radius 2 is 1.72 bits per heavy atom. The average molecular weight is 399 g/mol. The fourth-order valence-electron chi connectivity index (χ4n) is 3.29. The number of ether oxygens (including phenoxy) is 1. The van der Waals surface area contributed by atoms with Crippen LogP contribution in [0.5, 0.6) is 0 Å². The average Bonchev–Trinajstić information content (AvgIpc) is 3.01. The highest BCUT2D eigenvalue weighted by Crippen LogP contribution is 2.20. The van der Waals surface area contributed by atoms with Gasteiger partial charge in [-0.15, -0.1) is 0 Å². The van der Waals surface area contributed by atoms with Crippen molar-refractivity contribution in [3.63, 3.8) is 0 Å². The van der Waals surface area contributed by atoms with Gasteiger partial charge in [-0.05, 0) is 71.4 Å². The molecule has 0 spiro atoms. The van der Waals surface area contributed by atoms with Gasteiger partial charge in [-0.2, -0.15) is 5.10 Å². The highest BCUT2D eigenvalue weighted by atomic mass is 16.5. The number of amides is 1. The number of hydrogen-bond donors (Lipinski definition) is 2. The number of H-pyrrole nitrogens is 1. The van der Waals surface area contributed by atoms with Gasteiger partial charge in [0.2, 0.25) is 0 Å². The Labute approximate surface area is 172 Å². The van der Waals surface area contributed by atoms with Crippen molar-refractivity contribution in [1.82, 2.24) is 10.4 Å². The first-order chi connectivity index (χ1) is 13.8. The van der Waals surface area contributed by atoms with Gasteiger partial charge >= 0.3 is 5.97 Å². The number of aryl methyl sites for hydroxylation is 1. The normalized spacial score (nSPS) is 11.3. The zero-order valence-corrected chi connectivity index (χ0v) is 18.0. The molecule has 0 bridgehead atoms. The van der Waals surface area contributed by atoms with Gasteiger partial charge in [0.15, 0.2) is 0 Å². The van der Waals surface area contributed by atoms with E-state index in [0.717, 1.165) is 24.3 Å². The van der Waals surface area contributed by atoms with Crippen molar-refractivity contribution in [2.75, 3.05) is 24.6 Å². The van der Waals surface area contributed by atoms with Gasteiger partial charge in [-0.3, -0.25) is 4.79 Å². The number of hydrazone groups is 1. The van der Waals surface area contributed by atoms with E-state index in [2.05, 4.69) is 34.3 Å². The topological polar surface area (TPSA) is 86.8 Å². The number of carbonyl (C=O) groups excluding carboxylic acids is 2. The molecular weight excluding hydrogens is 368 g/mol. The second kappa shape index (κ2) is 9.91. The Morgan fingerprint density at radius 1 is 1.10 bits per heavy atom. The molecule has 1 heterocycles. The van der Waals surface area contributed by atoms with E-state index in [1.54, 1.807) is 26.0 Å². The maximum Gasteiger partial charge on any atom is 0.340 e. The van der Waals surface area contributed by atoms with Gasteiger partial charge in [0.25, 0.3) is 5.91 Å². The fourth-order valence-corrected chi connectivity index (χ4v) is 3.29. The Bertz CT molecular complexity index is 894. The summed E-state index contributed by atoms with van der Waals surface area (Å²) in [5.74, 6) is -0.655. The summed E-state index contributed by atoms with van der Waals surface area (Å²) < 4.78 is 5.11. The van der Waals surface area contributed by atoms with Crippen molar-refractivity contribution in [3.05, 3.63) is 52.3 Å². The lowest BCUT2D eigenvalue weighted by molar-refractivity contribution is 0.0525. The molecule has 0 atom stereocenters. The van der Waals surface area contributed by atoms with Crippen LogP contribution in [0.15, 0.2) is 29.4 Å². The predicted octanol–water partition coefficient (Wildman–Crippen LogP) is 3.81. The first-order valence-electron chi connectivity index (χ1n) is 9.90. The molecule has 0 fully saturated rings. The van der Waals surface area contributed by atoms with Crippen LogP contribution >= 0.6 is 0 Å². The summed E-state index contributed by atoms with van der Waals surface area (Å²) in [6.45, 7) is 13.5. The molecule has 0 aliphatic carbocycles. The fraction of sp³-hybridized carbons (Fsp3) is 0.409. The molecule has 2 N–H and O–H groups in total. The van der Waals surface area contributed by atoms with Crippen LogP contribution < -0.4 is 10.3 Å². The molecule has 7 heteroatoms. The van der Waals surface area contributed by atoms with E-state index in [-0.39, 0.29) is 11.9 Å². The number of hydrogen-bond acceptors (Lipinski definition) is 5. The molecule has 0 aliphatic heterocycles. The molecule has 0 radical (unpaired) electrons. The molecule has 29 heavy (non-hydrogen) atoms. The molecular formula is C22H30N4O3. The zero-order valence-electron chi connectivity index (χ0n) is 18.0. The van der Waals surface area contributed by atoms with Crippen LogP contribution in [0.1, 0.15) is 65.4 Å². The molecule has 7 nitrogen and oxygen atoms in total. The van der Waals surface area contributed by atoms with Crippen molar-refractivity contribution in [3.8, 4) is 0 Å². The van der Waals surface area contributed by atoms with Crippen LogP contribution in [0, 0.1) is 13.8 Å². The first-order valence-corrected chi connectivity index (χ1v) is 9.90. The molecule has 1 aromatic heterocycles.